The molecule has 1 aromatic heterocycles. The molecule has 1 aromatic carbocycles. The molecule has 1 amide bonds. The molecule has 0 spiro atoms. The second-order valence-electron chi connectivity index (χ2n) is 4.08. The number of carbonyl (C=O) groups excluding carboxylic acids is 1. The van der Waals surface area contributed by atoms with Crippen molar-refractivity contribution < 1.29 is 4.79 Å². The predicted octanol–water partition coefficient (Wildman–Crippen LogP) is 2.05. The maximum Gasteiger partial charge on any atom is 0.253 e. The Morgan fingerprint density at radius 1 is 1.47 bits per heavy atom. The van der Waals surface area contributed by atoms with Gasteiger partial charge in [-0.05, 0) is 18.2 Å². The van der Waals surface area contributed by atoms with E-state index < -0.39 is 0 Å². The van der Waals surface area contributed by atoms with Gasteiger partial charge >= 0.3 is 0 Å². The number of carbonyl (C=O) groups is 1. The van der Waals surface area contributed by atoms with Crippen LogP contribution >= 0.6 is 11.6 Å². The summed E-state index contributed by atoms with van der Waals surface area (Å²) in [6.45, 7) is 0.373. The fourth-order valence-corrected chi connectivity index (χ4v) is 1.92. The average molecular weight is 279 g/mol. The SMILES string of the molecule is CNc1ccc(Cl)cc1C(=O)NCc1nccn1C. The first kappa shape index (κ1) is 13.4. The molecule has 2 rings (SSSR count). The molecule has 0 aliphatic rings. The zero-order valence-electron chi connectivity index (χ0n) is 10.8. The lowest BCUT2D eigenvalue weighted by Crippen LogP contribution is -2.25. The summed E-state index contributed by atoms with van der Waals surface area (Å²) in [4.78, 5) is 16.3. The first-order valence-electron chi connectivity index (χ1n) is 5.83. The molecule has 100 valence electrons. The highest BCUT2D eigenvalue weighted by atomic mass is 35.5. The number of anilines is 1. The first-order valence-corrected chi connectivity index (χ1v) is 6.21. The van der Waals surface area contributed by atoms with E-state index in [1.807, 2.05) is 17.8 Å². The predicted molar refractivity (Wildman–Crippen MR) is 75.4 cm³/mol. The Kier molecular flexibility index (Phi) is 4.06. The molecular weight excluding hydrogens is 264 g/mol. The molecule has 0 fully saturated rings. The standard InChI is InChI=1S/C13H15ClN4O/c1-15-11-4-3-9(14)7-10(11)13(19)17-8-12-16-5-6-18(12)2/h3-7,15H,8H2,1-2H3,(H,17,19). The lowest BCUT2D eigenvalue weighted by Gasteiger charge is -2.10. The van der Waals surface area contributed by atoms with Crippen LogP contribution in [0.3, 0.4) is 0 Å². The zero-order valence-corrected chi connectivity index (χ0v) is 11.5. The smallest absolute Gasteiger partial charge is 0.253 e. The van der Waals surface area contributed by atoms with Crippen molar-refractivity contribution in [3.63, 3.8) is 0 Å². The summed E-state index contributed by atoms with van der Waals surface area (Å²) >= 11 is 5.92. The van der Waals surface area contributed by atoms with Gasteiger partial charge in [0.1, 0.15) is 5.82 Å². The van der Waals surface area contributed by atoms with E-state index in [-0.39, 0.29) is 5.91 Å². The van der Waals surface area contributed by atoms with E-state index in [4.69, 9.17) is 11.6 Å². The van der Waals surface area contributed by atoms with Crippen molar-refractivity contribution in [3.05, 3.63) is 47.0 Å². The third kappa shape index (κ3) is 3.06. The third-order valence-corrected chi connectivity index (χ3v) is 3.06. The number of aromatic nitrogens is 2. The van der Waals surface area contributed by atoms with Gasteiger partial charge in [0.05, 0.1) is 12.1 Å². The minimum Gasteiger partial charge on any atom is -0.387 e. The van der Waals surface area contributed by atoms with Crippen LogP contribution in [0.4, 0.5) is 5.69 Å². The number of nitrogens with zero attached hydrogens (tertiary/aromatic N) is 2. The molecule has 2 aromatic rings. The summed E-state index contributed by atoms with van der Waals surface area (Å²) in [6.07, 6.45) is 3.53. The summed E-state index contributed by atoms with van der Waals surface area (Å²) in [5.41, 5.74) is 1.26. The number of hydrogen-bond acceptors (Lipinski definition) is 3. The Morgan fingerprint density at radius 2 is 2.26 bits per heavy atom. The van der Waals surface area contributed by atoms with Crippen LogP contribution < -0.4 is 10.6 Å². The van der Waals surface area contributed by atoms with Gasteiger partial charge in [0.2, 0.25) is 0 Å². The van der Waals surface area contributed by atoms with Crippen molar-refractivity contribution in [1.29, 1.82) is 0 Å². The lowest BCUT2D eigenvalue weighted by molar-refractivity contribution is 0.0950. The van der Waals surface area contributed by atoms with Gasteiger partial charge in [-0.1, -0.05) is 11.6 Å². The van der Waals surface area contributed by atoms with Crippen molar-refractivity contribution in [3.8, 4) is 0 Å². The topological polar surface area (TPSA) is 59.0 Å². The summed E-state index contributed by atoms with van der Waals surface area (Å²) in [7, 11) is 3.64. The Bertz CT molecular complexity index is 594. The normalized spacial score (nSPS) is 10.3. The minimum absolute atomic E-state index is 0.185. The van der Waals surface area contributed by atoms with E-state index in [1.54, 1.807) is 31.4 Å². The quantitative estimate of drug-likeness (QED) is 0.900. The third-order valence-electron chi connectivity index (χ3n) is 2.82. The van der Waals surface area contributed by atoms with Crippen molar-refractivity contribution in [2.24, 2.45) is 7.05 Å². The summed E-state index contributed by atoms with van der Waals surface area (Å²) < 4.78 is 1.86. The van der Waals surface area contributed by atoms with E-state index in [0.717, 1.165) is 11.5 Å². The number of benzene rings is 1. The van der Waals surface area contributed by atoms with Gasteiger partial charge in [-0.3, -0.25) is 4.79 Å². The highest BCUT2D eigenvalue weighted by Crippen LogP contribution is 2.20. The molecule has 0 bridgehead atoms. The number of halogens is 1. The van der Waals surface area contributed by atoms with E-state index >= 15 is 0 Å². The largest absolute Gasteiger partial charge is 0.387 e. The highest BCUT2D eigenvalue weighted by Gasteiger charge is 2.12. The summed E-state index contributed by atoms with van der Waals surface area (Å²) in [5.74, 6) is 0.608. The maximum atomic E-state index is 12.1. The average Bonchev–Trinajstić information content (AvgIpc) is 2.81. The van der Waals surface area contributed by atoms with Crippen molar-refractivity contribution in [2.45, 2.75) is 6.54 Å². The van der Waals surface area contributed by atoms with Gasteiger partial charge in [0, 0.05) is 37.2 Å². The molecule has 5 nitrogen and oxygen atoms in total. The maximum absolute atomic E-state index is 12.1. The molecule has 6 heteroatoms. The van der Waals surface area contributed by atoms with Crippen molar-refractivity contribution in [1.82, 2.24) is 14.9 Å². The van der Waals surface area contributed by atoms with Crippen LogP contribution in [-0.4, -0.2) is 22.5 Å². The van der Waals surface area contributed by atoms with Crippen LogP contribution in [-0.2, 0) is 13.6 Å². The lowest BCUT2D eigenvalue weighted by atomic mass is 10.1. The van der Waals surface area contributed by atoms with E-state index in [0.29, 0.717) is 17.1 Å². The van der Waals surface area contributed by atoms with Gasteiger partial charge in [-0.2, -0.15) is 0 Å². The molecule has 1 heterocycles. The fraction of sp³-hybridized carbons (Fsp3) is 0.231. The number of hydrogen-bond donors (Lipinski definition) is 2. The Hall–Kier alpha value is -2.01. The Balaban J connectivity index is 2.12. The summed E-state index contributed by atoms with van der Waals surface area (Å²) in [5, 5.41) is 6.32. The molecular formula is C13H15ClN4O. The number of imidazole rings is 1. The van der Waals surface area contributed by atoms with Crippen LogP contribution in [0.15, 0.2) is 30.6 Å². The van der Waals surface area contributed by atoms with Gasteiger partial charge in [0.15, 0.2) is 0 Å². The van der Waals surface area contributed by atoms with Crippen LogP contribution in [0.2, 0.25) is 5.02 Å². The van der Waals surface area contributed by atoms with E-state index in [2.05, 4.69) is 15.6 Å². The van der Waals surface area contributed by atoms with Crippen LogP contribution in [0.5, 0.6) is 0 Å². The molecule has 0 saturated heterocycles. The monoisotopic (exact) mass is 278 g/mol. The molecule has 0 saturated carbocycles. The van der Waals surface area contributed by atoms with Gasteiger partial charge in [-0.15, -0.1) is 0 Å². The van der Waals surface area contributed by atoms with Gasteiger partial charge in [0.25, 0.3) is 5.91 Å². The number of aryl methyl sites for hydroxylation is 1. The van der Waals surface area contributed by atoms with Gasteiger partial charge in [-0.25, -0.2) is 4.98 Å². The van der Waals surface area contributed by atoms with Crippen molar-refractivity contribution >= 4 is 23.2 Å². The van der Waals surface area contributed by atoms with E-state index in [9.17, 15) is 4.79 Å². The minimum atomic E-state index is -0.185. The van der Waals surface area contributed by atoms with Crippen molar-refractivity contribution in [2.75, 3.05) is 12.4 Å². The fourth-order valence-electron chi connectivity index (χ4n) is 1.74. The molecule has 0 atom stereocenters. The Labute approximate surface area is 116 Å². The second-order valence-corrected chi connectivity index (χ2v) is 4.51. The van der Waals surface area contributed by atoms with Crippen LogP contribution in [0.25, 0.3) is 0 Å². The second kappa shape index (κ2) is 5.75. The van der Waals surface area contributed by atoms with Crippen LogP contribution in [0.1, 0.15) is 16.2 Å². The first-order chi connectivity index (χ1) is 9.11. The Morgan fingerprint density at radius 3 is 2.89 bits per heavy atom. The number of amides is 1. The molecule has 19 heavy (non-hydrogen) atoms. The van der Waals surface area contributed by atoms with Crippen LogP contribution in [0, 0.1) is 0 Å². The number of nitrogens with one attached hydrogen (secondary N) is 2. The molecule has 2 N–H and O–H groups in total. The molecule has 0 aliphatic heterocycles. The molecule has 0 unspecified atom stereocenters. The molecule has 0 radical (unpaired) electrons. The van der Waals surface area contributed by atoms with Gasteiger partial charge < -0.3 is 15.2 Å². The number of rotatable bonds is 4. The zero-order chi connectivity index (χ0) is 13.8. The van der Waals surface area contributed by atoms with E-state index in [1.165, 1.54) is 0 Å². The molecule has 0 aliphatic carbocycles. The summed E-state index contributed by atoms with van der Waals surface area (Å²) in [6, 6.07) is 5.15. The highest BCUT2D eigenvalue weighted by molar-refractivity contribution is 6.31.